The van der Waals surface area contributed by atoms with Gasteiger partial charge in [-0.25, -0.2) is 4.79 Å². The smallest absolute Gasteiger partial charge is 0.411 e. The van der Waals surface area contributed by atoms with Crippen LogP contribution in [0.4, 0.5) is 10.5 Å². The molecular weight excluding hydrogens is 346 g/mol. The van der Waals surface area contributed by atoms with Crippen molar-refractivity contribution in [3.63, 3.8) is 0 Å². The van der Waals surface area contributed by atoms with Crippen molar-refractivity contribution < 1.29 is 19.1 Å². The van der Waals surface area contributed by atoms with Crippen molar-refractivity contribution in [3.05, 3.63) is 59.7 Å². The summed E-state index contributed by atoms with van der Waals surface area (Å²) in [6.07, 6.45) is 0.156. The zero-order valence-corrected chi connectivity index (χ0v) is 15.6. The number of carbonyl (C=O) groups is 2. The summed E-state index contributed by atoms with van der Waals surface area (Å²) in [5.41, 5.74) is 7.70. The molecule has 27 heavy (non-hydrogen) atoms. The van der Waals surface area contributed by atoms with Crippen LogP contribution in [-0.4, -0.2) is 44.2 Å². The van der Waals surface area contributed by atoms with Gasteiger partial charge in [-0.05, 0) is 54.9 Å². The molecule has 0 saturated carbocycles. The Hall–Kier alpha value is -3.06. The van der Waals surface area contributed by atoms with E-state index < -0.39 is 6.09 Å². The molecule has 0 atom stereocenters. The molecule has 0 unspecified atom stereocenters. The summed E-state index contributed by atoms with van der Waals surface area (Å²) in [7, 11) is 2.89. The summed E-state index contributed by atoms with van der Waals surface area (Å²) in [5.74, 6) is 0.610. The quantitative estimate of drug-likeness (QED) is 0.744. The molecule has 7 heteroatoms. The lowest BCUT2D eigenvalue weighted by molar-refractivity contribution is 0.0742. The molecule has 0 spiro atoms. The molecule has 2 amide bonds. The fraction of sp³-hybridized carbons (Fsp3) is 0.300. The third-order valence-corrected chi connectivity index (χ3v) is 3.99. The first-order valence-corrected chi connectivity index (χ1v) is 8.64. The standard InChI is InChI=1S/C20H25N3O4/c1-26-18-9-7-16(8-10-18)19(24)23(12-4-11-21)14-15-5-3-6-17(13-15)22-20(25)27-2/h3,5-10,13H,4,11-12,14,21H2,1-2H3,(H,22,25). The molecule has 0 aliphatic heterocycles. The van der Waals surface area contributed by atoms with E-state index in [4.69, 9.17) is 10.5 Å². The Balaban J connectivity index is 2.16. The Bertz CT molecular complexity index is 762. The summed E-state index contributed by atoms with van der Waals surface area (Å²) < 4.78 is 9.74. The van der Waals surface area contributed by atoms with Crippen molar-refractivity contribution in [2.24, 2.45) is 5.73 Å². The van der Waals surface area contributed by atoms with E-state index in [1.165, 1.54) is 7.11 Å². The van der Waals surface area contributed by atoms with Gasteiger partial charge >= 0.3 is 6.09 Å². The second-order valence-corrected chi connectivity index (χ2v) is 5.91. The number of hydrogen-bond donors (Lipinski definition) is 2. The monoisotopic (exact) mass is 371 g/mol. The highest BCUT2D eigenvalue weighted by Crippen LogP contribution is 2.17. The molecule has 0 fully saturated rings. The third kappa shape index (κ3) is 6.00. The van der Waals surface area contributed by atoms with Gasteiger partial charge in [0.2, 0.25) is 0 Å². The zero-order chi connectivity index (χ0) is 19.6. The van der Waals surface area contributed by atoms with Gasteiger partial charge in [0.15, 0.2) is 0 Å². The minimum Gasteiger partial charge on any atom is -0.497 e. The minimum absolute atomic E-state index is 0.0857. The Labute approximate surface area is 159 Å². The molecule has 3 N–H and O–H groups in total. The molecule has 2 aromatic rings. The topological polar surface area (TPSA) is 93.9 Å². The maximum absolute atomic E-state index is 12.9. The number of nitrogens with one attached hydrogen (secondary N) is 1. The van der Waals surface area contributed by atoms with E-state index in [0.29, 0.717) is 43.1 Å². The van der Waals surface area contributed by atoms with Crippen LogP contribution in [0.1, 0.15) is 22.3 Å². The summed E-state index contributed by atoms with van der Waals surface area (Å²) in [4.78, 5) is 26.0. The SMILES string of the molecule is COC(=O)Nc1cccc(CN(CCCN)C(=O)c2ccc(OC)cc2)c1. The molecule has 2 aromatic carbocycles. The van der Waals surface area contributed by atoms with Crippen LogP contribution >= 0.6 is 0 Å². The molecule has 0 radical (unpaired) electrons. The number of amides is 2. The largest absolute Gasteiger partial charge is 0.497 e. The number of methoxy groups -OCH3 is 2. The van der Waals surface area contributed by atoms with Gasteiger partial charge in [0.25, 0.3) is 5.91 Å². The fourth-order valence-electron chi connectivity index (χ4n) is 2.59. The van der Waals surface area contributed by atoms with Crippen molar-refractivity contribution >= 4 is 17.7 Å². The van der Waals surface area contributed by atoms with Crippen LogP contribution in [0.3, 0.4) is 0 Å². The van der Waals surface area contributed by atoms with Crippen LogP contribution in [0.15, 0.2) is 48.5 Å². The first-order valence-electron chi connectivity index (χ1n) is 8.64. The highest BCUT2D eigenvalue weighted by molar-refractivity contribution is 5.94. The first-order chi connectivity index (χ1) is 13.1. The van der Waals surface area contributed by atoms with E-state index in [9.17, 15) is 9.59 Å². The number of anilines is 1. The number of nitrogens with zero attached hydrogens (tertiary/aromatic N) is 1. The van der Waals surface area contributed by atoms with Crippen LogP contribution in [-0.2, 0) is 11.3 Å². The van der Waals surface area contributed by atoms with Crippen LogP contribution in [0, 0.1) is 0 Å². The van der Waals surface area contributed by atoms with Crippen molar-refractivity contribution in [3.8, 4) is 5.75 Å². The molecular formula is C20H25N3O4. The Morgan fingerprint density at radius 3 is 2.48 bits per heavy atom. The molecule has 144 valence electrons. The van der Waals surface area contributed by atoms with Gasteiger partial charge in [-0.2, -0.15) is 0 Å². The zero-order valence-electron chi connectivity index (χ0n) is 15.6. The van der Waals surface area contributed by atoms with Gasteiger partial charge in [-0.3, -0.25) is 10.1 Å². The lowest BCUT2D eigenvalue weighted by atomic mass is 10.1. The number of rotatable bonds is 8. The van der Waals surface area contributed by atoms with Crippen LogP contribution in [0.2, 0.25) is 0 Å². The second kappa shape index (κ2) is 10.2. The van der Waals surface area contributed by atoms with E-state index in [2.05, 4.69) is 10.1 Å². The number of benzene rings is 2. The molecule has 0 saturated heterocycles. The van der Waals surface area contributed by atoms with Gasteiger partial charge in [-0.1, -0.05) is 12.1 Å². The Morgan fingerprint density at radius 1 is 1.11 bits per heavy atom. The number of ether oxygens (including phenoxy) is 2. The highest BCUT2D eigenvalue weighted by Gasteiger charge is 2.16. The second-order valence-electron chi connectivity index (χ2n) is 5.91. The van der Waals surface area contributed by atoms with Crippen LogP contribution in [0.25, 0.3) is 0 Å². The fourth-order valence-corrected chi connectivity index (χ4v) is 2.59. The van der Waals surface area contributed by atoms with Gasteiger partial charge in [-0.15, -0.1) is 0 Å². The lowest BCUT2D eigenvalue weighted by Gasteiger charge is -2.23. The number of carbonyl (C=O) groups excluding carboxylic acids is 2. The molecule has 0 aliphatic rings. The molecule has 0 bridgehead atoms. The molecule has 7 nitrogen and oxygen atoms in total. The van der Waals surface area contributed by atoms with Crippen molar-refractivity contribution in [2.75, 3.05) is 32.6 Å². The maximum atomic E-state index is 12.9. The highest BCUT2D eigenvalue weighted by atomic mass is 16.5. The first kappa shape index (κ1) is 20.3. The predicted molar refractivity (Wildman–Crippen MR) is 104 cm³/mol. The van der Waals surface area contributed by atoms with E-state index in [1.54, 1.807) is 42.3 Å². The van der Waals surface area contributed by atoms with Crippen molar-refractivity contribution in [2.45, 2.75) is 13.0 Å². The summed E-state index contributed by atoms with van der Waals surface area (Å²) in [5, 5.41) is 2.62. The van der Waals surface area contributed by atoms with E-state index in [1.807, 2.05) is 18.2 Å². The molecule has 2 rings (SSSR count). The minimum atomic E-state index is -0.540. The van der Waals surface area contributed by atoms with Crippen molar-refractivity contribution in [1.82, 2.24) is 4.90 Å². The Kier molecular flexibility index (Phi) is 7.63. The summed E-state index contributed by atoms with van der Waals surface area (Å²) in [6.45, 7) is 1.44. The average Bonchev–Trinajstić information content (AvgIpc) is 2.70. The molecule has 0 aliphatic carbocycles. The van der Waals surface area contributed by atoms with Crippen LogP contribution < -0.4 is 15.8 Å². The van der Waals surface area contributed by atoms with Gasteiger partial charge in [0, 0.05) is 24.3 Å². The predicted octanol–water partition coefficient (Wildman–Crippen LogP) is 2.86. The molecule has 0 heterocycles. The maximum Gasteiger partial charge on any atom is 0.411 e. The summed E-state index contributed by atoms with van der Waals surface area (Å²) in [6, 6.07) is 14.3. The van der Waals surface area contributed by atoms with E-state index in [-0.39, 0.29) is 5.91 Å². The lowest BCUT2D eigenvalue weighted by Crippen LogP contribution is -2.32. The average molecular weight is 371 g/mol. The Morgan fingerprint density at radius 2 is 1.85 bits per heavy atom. The van der Waals surface area contributed by atoms with Gasteiger partial charge in [0.05, 0.1) is 14.2 Å². The summed E-state index contributed by atoms with van der Waals surface area (Å²) >= 11 is 0. The van der Waals surface area contributed by atoms with Gasteiger partial charge in [0.1, 0.15) is 5.75 Å². The third-order valence-electron chi connectivity index (χ3n) is 3.99. The van der Waals surface area contributed by atoms with Crippen LogP contribution in [0.5, 0.6) is 5.75 Å². The van der Waals surface area contributed by atoms with Crippen molar-refractivity contribution in [1.29, 1.82) is 0 Å². The van der Waals surface area contributed by atoms with E-state index >= 15 is 0 Å². The normalized spacial score (nSPS) is 10.2. The molecule has 0 aromatic heterocycles. The van der Waals surface area contributed by atoms with E-state index in [0.717, 1.165) is 5.56 Å². The van der Waals surface area contributed by atoms with Gasteiger partial charge < -0.3 is 20.1 Å². The number of hydrogen-bond acceptors (Lipinski definition) is 5. The number of nitrogens with two attached hydrogens (primary N) is 1.